The van der Waals surface area contributed by atoms with Gasteiger partial charge in [-0.3, -0.25) is 4.79 Å². The molecule has 3 rings (SSSR count). The summed E-state index contributed by atoms with van der Waals surface area (Å²) in [5, 5.41) is 1.14. The van der Waals surface area contributed by atoms with Crippen molar-refractivity contribution in [2.45, 2.75) is 26.1 Å². The molecule has 19 heavy (non-hydrogen) atoms. The summed E-state index contributed by atoms with van der Waals surface area (Å²) in [7, 11) is 0. The number of nitrogens with zero attached hydrogens (tertiary/aromatic N) is 1. The summed E-state index contributed by atoms with van der Waals surface area (Å²) in [6, 6.07) is 10.1. The van der Waals surface area contributed by atoms with Crippen LogP contribution >= 0.6 is 11.3 Å². The molecular weight excluding hydrogens is 258 g/mol. The third kappa shape index (κ3) is 2.51. The van der Waals surface area contributed by atoms with Crippen LogP contribution in [0.2, 0.25) is 0 Å². The zero-order valence-corrected chi connectivity index (χ0v) is 11.9. The number of amides is 1. The van der Waals surface area contributed by atoms with Crippen molar-refractivity contribution in [2.24, 2.45) is 0 Å². The number of morpholine rings is 1. The van der Waals surface area contributed by atoms with Crippen LogP contribution in [0, 0.1) is 0 Å². The fraction of sp³-hybridized carbons (Fsp3) is 0.400. The number of thiophene rings is 1. The Morgan fingerprint density at radius 1 is 1.26 bits per heavy atom. The van der Waals surface area contributed by atoms with Gasteiger partial charge in [-0.05, 0) is 31.4 Å². The van der Waals surface area contributed by atoms with E-state index in [1.807, 2.05) is 43.0 Å². The molecule has 0 N–H and O–H groups in total. The lowest BCUT2D eigenvalue weighted by Gasteiger charge is -2.35. The molecule has 0 aliphatic carbocycles. The number of hydrogen-bond donors (Lipinski definition) is 0. The molecule has 100 valence electrons. The van der Waals surface area contributed by atoms with E-state index in [-0.39, 0.29) is 18.1 Å². The molecule has 4 heteroatoms. The minimum absolute atomic E-state index is 0.113. The number of carbonyl (C=O) groups is 1. The van der Waals surface area contributed by atoms with Crippen molar-refractivity contribution >= 4 is 27.3 Å². The van der Waals surface area contributed by atoms with Crippen LogP contribution in [-0.4, -0.2) is 36.1 Å². The summed E-state index contributed by atoms with van der Waals surface area (Å²) in [5.41, 5.74) is 0. The van der Waals surface area contributed by atoms with Crippen LogP contribution in [0.5, 0.6) is 0 Å². The van der Waals surface area contributed by atoms with E-state index in [0.29, 0.717) is 13.1 Å². The first-order valence-electron chi connectivity index (χ1n) is 6.57. The van der Waals surface area contributed by atoms with Crippen molar-refractivity contribution in [3.63, 3.8) is 0 Å². The van der Waals surface area contributed by atoms with Crippen molar-refractivity contribution in [3.8, 4) is 0 Å². The van der Waals surface area contributed by atoms with Crippen molar-refractivity contribution < 1.29 is 9.53 Å². The first kappa shape index (κ1) is 12.6. The monoisotopic (exact) mass is 275 g/mol. The van der Waals surface area contributed by atoms with Crippen LogP contribution in [-0.2, 0) is 4.74 Å². The molecule has 0 unspecified atom stereocenters. The second kappa shape index (κ2) is 4.94. The molecule has 2 heterocycles. The first-order chi connectivity index (χ1) is 9.13. The topological polar surface area (TPSA) is 29.5 Å². The summed E-state index contributed by atoms with van der Waals surface area (Å²) in [4.78, 5) is 15.3. The third-order valence-corrected chi connectivity index (χ3v) is 4.45. The maximum Gasteiger partial charge on any atom is 0.264 e. The van der Waals surface area contributed by atoms with Crippen LogP contribution in [0.1, 0.15) is 23.5 Å². The summed E-state index contributed by atoms with van der Waals surface area (Å²) in [6.07, 6.45) is 0.226. The average molecular weight is 275 g/mol. The van der Waals surface area contributed by atoms with Gasteiger partial charge in [-0.25, -0.2) is 0 Å². The molecule has 3 nitrogen and oxygen atoms in total. The molecule has 1 amide bonds. The first-order valence-corrected chi connectivity index (χ1v) is 7.38. The molecule has 1 aromatic carbocycles. The van der Waals surface area contributed by atoms with E-state index >= 15 is 0 Å². The van der Waals surface area contributed by atoms with Crippen molar-refractivity contribution in [2.75, 3.05) is 13.1 Å². The zero-order valence-electron chi connectivity index (χ0n) is 11.1. The standard InChI is InChI=1S/C15H17NO2S/c1-10-8-16(9-11(2)18-10)15(17)14-7-12-5-3-4-6-13(12)19-14/h3-7,10-11H,8-9H2,1-2H3/t10-,11+. The van der Waals surface area contributed by atoms with Crippen molar-refractivity contribution in [1.82, 2.24) is 4.90 Å². The lowest BCUT2D eigenvalue weighted by Crippen LogP contribution is -2.48. The zero-order chi connectivity index (χ0) is 13.4. The van der Waals surface area contributed by atoms with Gasteiger partial charge in [0.2, 0.25) is 0 Å². The van der Waals surface area contributed by atoms with Crippen LogP contribution in [0.4, 0.5) is 0 Å². The second-order valence-electron chi connectivity index (χ2n) is 5.12. The van der Waals surface area contributed by atoms with Gasteiger partial charge in [0.05, 0.1) is 17.1 Å². The average Bonchev–Trinajstić information content (AvgIpc) is 2.80. The summed E-state index contributed by atoms with van der Waals surface area (Å²) in [6.45, 7) is 5.39. The van der Waals surface area contributed by atoms with Gasteiger partial charge in [0, 0.05) is 17.8 Å². The fourth-order valence-electron chi connectivity index (χ4n) is 2.59. The third-order valence-electron chi connectivity index (χ3n) is 3.34. The van der Waals surface area contributed by atoms with Crippen molar-refractivity contribution in [3.05, 3.63) is 35.2 Å². The van der Waals surface area contributed by atoms with Gasteiger partial charge >= 0.3 is 0 Å². The van der Waals surface area contributed by atoms with E-state index in [4.69, 9.17) is 4.74 Å². The maximum atomic E-state index is 12.5. The van der Waals surface area contributed by atoms with E-state index in [9.17, 15) is 4.79 Å². The Balaban J connectivity index is 1.86. The Morgan fingerprint density at radius 2 is 1.95 bits per heavy atom. The van der Waals surface area contributed by atoms with E-state index in [0.717, 1.165) is 10.3 Å². The van der Waals surface area contributed by atoms with Gasteiger partial charge in [-0.15, -0.1) is 11.3 Å². The Bertz CT molecular complexity index is 564. The van der Waals surface area contributed by atoms with Crippen LogP contribution in [0.15, 0.2) is 30.3 Å². The molecule has 0 bridgehead atoms. The fourth-order valence-corrected chi connectivity index (χ4v) is 3.62. The normalized spacial score (nSPS) is 23.8. The van der Waals surface area contributed by atoms with E-state index < -0.39 is 0 Å². The maximum absolute atomic E-state index is 12.5. The highest BCUT2D eigenvalue weighted by Gasteiger charge is 2.27. The molecular formula is C15H17NO2S. The van der Waals surface area contributed by atoms with E-state index in [1.165, 1.54) is 4.70 Å². The van der Waals surface area contributed by atoms with E-state index in [1.54, 1.807) is 11.3 Å². The molecule has 2 aromatic rings. The predicted molar refractivity (Wildman–Crippen MR) is 77.7 cm³/mol. The lowest BCUT2D eigenvalue weighted by molar-refractivity contribution is -0.0585. The molecule has 1 aliphatic heterocycles. The lowest BCUT2D eigenvalue weighted by atomic mass is 10.2. The molecule has 1 saturated heterocycles. The highest BCUT2D eigenvalue weighted by Crippen LogP contribution is 2.27. The van der Waals surface area contributed by atoms with Crippen LogP contribution in [0.3, 0.4) is 0 Å². The molecule has 0 radical (unpaired) electrons. The highest BCUT2D eigenvalue weighted by atomic mass is 32.1. The van der Waals surface area contributed by atoms with Gasteiger partial charge in [0.25, 0.3) is 5.91 Å². The smallest absolute Gasteiger partial charge is 0.264 e. The molecule has 1 fully saturated rings. The molecule has 0 saturated carbocycles. The Labute approximate surface area is 116 Å². The molecule has 1 aliphatic rings. The van der Waals surface area contributed by atoms with Gasteiger partial charge in [-0.1, -0.05) is 18.2 Å². The Hall–Kier alpha value is -1.39. The quantitative estimate of drug-likeness (QED) is 0.800. The molecule has 0 spiro atoms. The van der Waals surface area contributed by atoms with Gasteiger partial charge in [0.1, 0.15) is 0 Å². The minimum Gasteiger partial charge on any atom is -0.372 e. The summed E-state index contributed by atoms with van der Waals surface area (Å²) < 4.78 is 6.84. The number of benzene rings is 1. The van der Waals surface area contributed by atoms with Gasteiger partial charge < -0.3 is 9.64 Å². The summed E-state index contributed by atoms with van der Waals surface area (Å²) >= 11 is 1.57. The molecule has 1 aromatic heterocycles. The van der Waals surface area contributed by atoms with Crippen LogP contribution < -0.4 is 0 Å². The largest absolute Gasteiger partial charge is 0.372 e. The predicted octanol–water partition coefficient (Wildman–Crippen LogP) is 3.15. The van der Waals surface area contributed by atoms with E-state index in [2.05, 4.69) is 6.07 Å². The Morgan fingerprint density at radius 3 is 2.63 bits per heavy atom. The Kier molecular flexibility index (Phi) is 3.29. The SMILES string of the molecule is C[C@@H]1CN(C(=O)c2cc3ccccc3s2)C[C@H](C)O1. The summed E-state index contributed by atoms with van der Waals surface area (Å²) in [5.74, 6) is 0.128. The number of ether oxygens (including phenoxy) is 1. The van der Waals surface area contributed by atoms with Crippen LogP contribution in [0.25, 0.3) is 10.1 Å². The number of fused-ring (bicyclic) bond motifs is 1. The highest BCUT2D eigenvalue weighted by molar-refractivity contribution is 7.20. The van der Waals surface area contributed by atoms with Gasteiger partial charge in [0.15, 0.2) is 0 Å². The molecule has 2 atom stereocenters. The minimum atomic E-state index is 0.113. The number of rotatable bonds is 1. The number of carbonyl (C=O) groups excluding carboxylic acids is 1. The number of hydrogen-bond acceptors (Lipinski definition) is 3. The van der Waals surface area contributed by atoms with Crippen molar-refractivity contribution in [1.29, 1.82) is 0 Å². The second-order valence-corrected chi connectivity index (χ2v) is 6.20. The van der Waals surface area contributed by atoms with Gasteiger partial charge in [-0.2, -0.15) is 0 Å².